The first-order chi connectivity index (χ1) is 12.5. The number of carbonyl (C=O) groups excluding carboxylic acids is 1. The number of nitro groups is 1. The Morgan fingerprint density at radius 3 is 2.65 bits per heavy atom. The normalized spacial score (nSPS) is 14.8. The van der Waals surface area contributed by atoms with Crippen molar-refractivity contribution in [3.05, 3.63) is 51.8 Å². The zero-order valence-electron chi connectivity index (χ0n) is 14.0. The van der Waals surface area contributed by atoms with Crippen LogP contribution in [0.2, 0.25) is 0 Å². The summed E-state index contributed by atoms with van der Waals surface area (Å²) in [4.78, 5) is 31.0. The quantitative estimate of drug-likeness (QED) is 0.518. The van der Waals surface area contributed by atoms with Crippen molar-refractivity contribution in [2.24, 2.45) is 0 Å². The van der Waals surface area contributed by atoms with Gasteiger partial charge in [0.05, 0.1) is 16.3 Å². The molecule has 0 bridgehead atoms. The minimum Gasteiger partial charge on any atom is -0.395 e. The number of benzene rings is 1. The van der Waals surface area contributed by atoms with Crippen LogP contribution in [0.5, 0.6) is 0 Å². The summed E-state index contributed by atoms with van der Waals surface area (Å²) < 4.78 is 6.16. The smallest absolute Gasteiger partial charge is 0.395 e. The van der Waals surface area contributed by atoms with Gasteiger partial charge >= 0.3 is 5.88 Å². The van der Waals surface area contributed by atoms with E-state index in [1.54, 1.807) is 16.2 Å². The molecule has 0 atom stereocenters. The van der Waals surface area contributed by atoms with Crippen molar-refractivity contribution >= 4 is 38.5 Å². The number of para-hydroxylation sites is 1. The number of piperazine rings is 1. The summed E-state index contributed by atoms with van der Waals surface area (Å²) in [6.07, 6.45) is 0. The van der Waals surface area contributed by atoms with Crippen molar-refractivity contribution < 1.29 is 14.1 Å². The van der Waals surface area contributed by atoms with Crippen LogP contribution < -0.4 is 4.90 Å². The number of furan rings is 1. The number of hydrogen-bond acceptors (Lipinski definition) is 7. The molecule has 134 valence electrons. The van der Waals surface area contributed by atoms with Gasteiger partial charge in [0.1, 0.15) is 4.92 Å². The first-order valence-electron chi connectivity index (χ1n) is 8.17. The van der Waals surface area contributed by atoms with Gasteiger partial charge in [-0.05, 0) is 24.6 Å². The maximum atomic E-state index is 12.4. The molecule has 9 heteroatoms. The van der Waals surface area contributed by atoms with E-state index in [0.29, 0.717) is 26.2 Å². The van der Waals surface area contributed by atoms with Crippen molar-refractivity contribution in [2.45, 2.75) is 6.92 Å². The number of amides is 1. The predicted molar refractivity (Wildman–Crippen MR) is 97.8 cm³/mol. The molecule has 1 fully saturated rings. The van der Waals surface area contributed by atoms with E-state index < -0.39 is 10.8 Å². The SMILES string of the molecule is Cc1cccc2sc(N3CCN(C(=O)c4ccc([N+](=O)[O-])o4)CC3)nc12. The highest BCUT2D eigenvalue weighted by Gasteiger charge is 2.27. The van der Waals surface area contributed by atoms with E-state index in [9.17, 15) is 14.9 Å². The Morgan fingerprint density at radius 2 is 2.00 bits per heavy atom. The van der Waals surface area contributed by atoms with Crippen LogP contribution in [0.4, 0.5) is 11.0 Å². The summed E-state index contributed by atoms with van der Waals surface area (Å²) in [5, 5.41) is 11.6. The van der Waals surface area contributed by atoms with Crippen molar-refractivity contribution in [1.82, 2.24) is 9.88 Å². The molecule has 0 aliphatic carbocycles. The second-order valence-electron chi connectivity index (χ2n) is 6.09. The van der Waals surface area contributed by atoms with Crippen molar-refractivity contribution in [3.8, 4) is 0 Å². The molecule has 1 aliphatic heterocycles. The third-order valence-electron chi connectivity index (χ3n) is 4.43. The van der Waals surface area contributed by atoms with Gasteiger partial charge in [0.2, 0.25) is 0 Å². The molecule has 1 saturated heterocycles. The van der Waals surface area contributed by atoms with Crippen molar-refractivity contribution in [1.29, 1.82) is 0 Å². The molecule has 26 heavy (non-hydrogen) atoms. The standard InChI is InChI=1S/C17H16N4O4S/c1-11-3-2-4-13-15(11)18-17(26-13)20-9-7-19(8-10-20)16(22)12-5-6-14(25-12)21(23)24/h2-6H,7-10H2,1H3. The first-order valence-corrected chi connectivity index (χ1v) is 8.99. The van der Waals surface area contributed by atoms with Gasteiger partial charge in [-0.2, -0.15) is 0 Å². The molecule has 4 rings (SSSR count). The lowest BCUT2D eigenvalue weighted by Gasteiger charge is -2.34. The average molecular weight is 372 g/mol. The van der Waals surface area contributed by atoms with Crippen LogP contribution >= 0.6 is 11.3 Å². The Labute approximate surface area is 152 Å². The monoisotopic (exact) mass is 372 g/mol. The lowest BCUT2D eigenvalue weighted by molar-refractivity contribution is -0.402. The molecule has 0 unspecified atom stereocenters. The zero-order valence-corrected chi connectivity index (χ0v) is 14.9. The summed E-state index contributed by atoms with van der Waals surface area (Å²) >= 11 is 1.65. The summed E-state index contributed by atoms with van der Waals surface area (Å²) in [6, 6.07) is 8.69. The third-order valence-corrected chi connectivity index (χ3v) is 5.51. The fraction of sp³-hybridized carbons (Fsp3) is 0.294. The number of nitrogens with zero attached hydrogens (tertiary/aromatic N) is 4. The number of rotatable bonds is 3. The van der Waals surface area contributed by atoms with E-state index >= 15 is 0 Å². The molecule has 0 saturated carbocycles. The molecule has 0 N–H and O–H groups in total. The first kappa shape index (κ1) is 16.5. The average Bonchev–Trinajstić information content (AvgIpc) is 3.29. The highest BCUT2D eigenvalue weighted by atomic mass is 32.1. The fourth-order valence-corrected chi connectivity index (χ4v) is 4.10. The van der Waals surface area contributed by atoms with Crippen LogP contribution in [-0.2, 0) is 0 Å². The van der Waals surface area contributed by atoms with Gasteiger partial charge < -0.3 is 14.2 Å². The lowest BCUT2D eigenvalue weighted by Crippen LogP contribution is -2.48. The van der Waals surface area contributed by atoms with E-state index in [0.717, 1.165) is 20.9 Å². The third kappa shape index (κ3) is 2.90. The van der Waals surface area contributed by atoms with Crippen LogP contribution in [0.1, 0.15) is 16.1 Å². The minimum atomic E-state index is -0.649. The number of anilines is 1. The van der Waals surface area contributed by atoms with Crippen LogP contribution in [0, 0.1) is 17.0 Å². The topological polar surface area (TPSA) is 92.7 Å². The number of aromatic nitrogens is 1. The van der Waals surface area contributed by atoms with E-state index in [4.69, 9.17) is 9.40 Å². The van der Waals surface area contributed by atoms with E-state index in [2.05, 4.69) is 11.0 Å². The molecule has 1 aromatic carbocycles. The van der Waals surface area contributed by atoms with Gasteiger partial charge in [-0.1, -0.05) is 23.5 Å². The van der Waals surface area contributed by atoms with E-state index in [1.165, 1.54) is 12.1 Å². The van der Waals surface area contributed by atoms with Crippen molar-refractivity contribution in [2.75, 3.05) is 31.1 Å². The number of carbonyl (C=O) groups is 1. The van der Waals surface area contributed by atoms with Gasteiger partial charge in [-0.25, -0.2) is 4.98 Å². The summed E-state index contributed by atoms with van der Waals surface area (Å²) in [6.45, 7) is 4.40. The summed E-state index contributed by atoms with van der Waals surface area (Å²) in [5.41, 5.74) is 2.17. The van der Waals surface area contributed by atoms with E-state index in [-0.39, 0.29) is 11.7 Å². The van der Waals surface area contributed by atoms with Gasteiger partial charge in [0.15, 0.2) is 10.9 Å². The Balaban J connectivity index is 1.45. The number of aryl methyl sites for hydroxylation is 1. The van der Waals surface area contributed by atoms with Gasteiger partial charge in [-0.3, -0.25) is 14.9 Å². The molecule has 3 aromatic rings. The maximum Gasteiger partial charge on any atom is 0.433 e. The number of hydrogen-bond donors (Lipinski definition) is 0. The molecule has 2 aromatic heterocycles. The minimum absolute atomic E-state index is 0.000705. The fourth-order valence-electron chi connectivity index (χ4n) is 3.01. The highest BCUT2D eigenvalue weighted by Crippen LogP contribution is 2.31. The number of fused-ring (bicyclic) bond motifs is 1. The Bertz CT molecular complexity index is 988. The second kappa shape index (κ2) is 6.41. The molecule has 0 spiro atoms. The summed E-state index contributed by atoms with van der Waals surface area (Å²) in [7, 11) is 0. The molecule has 1 amide bonds. The predicted octanol–water partition coefficient (Wildman–Crippen LogP) is 3.07. The lowest BCUT2D eigenvalue weighted by atomic mass is 10.2. The summed E-state index contributed by atoms with van der Waals surface area (Å²) in [5.74, 6) is -0.740. The molecule has 3 heterocycles. The van der Waals surface area contributed by atoms with Gasteiger partial charge in [0.25, 0.3) is 5.91 Å². The Kier molecular flexibility index (Phi) is 4.08. The molecular weight excluding hydrogens is 356 g/mol. The largest absolute Gasteiger partial charge is 0.433 e. The molecule has 1 aliphatic rings. The highest BCUT2D eigenvalue weighted by molar-refractivity contribution is 7.22. The molecular formula is C17H16N4O4S. The Morgan fingerprint density at radius 1 is 1.23 bits per heavy atom. The van der Waals surface area contributed by atoms with Gasteiger partial charge in [-0.15, -0.1) is 0 Å². The maximum absolute atomic E-state index is 12.4. The second-order valence-corrected chi connectivity index (χ2v) is 7.10. The van der Waals surface area contributed by atoms with Crippen LogP contribution in [0.3, 0.4) is 0 Å². The zero-order chi connectivity index (χ0) is 18.3. The van der Waals surface area contributed by atoms with E-state index in [1.807, 2.05) is 19.1 Å². The van der Waals surface area contributed by atoms with Crippen LogP contribution in [0.25, 0.3) is 10.2 Å². The van der Waals surface area contributed by atoms with Crippen LogP contribution in [0.15, 0.2) is 34.7 Å². The number of thiazole rings is 1. The van der Waals surface area contributed by atoms with Crippen molar-refractivity contribution in [3.63, 3.8) is 0 Å². The Hall–Kier alpha value is -2.94. The van der Waals surface area contributed by atoms with Gasteiger partial charge in [0, 0.05) is 26.2 Å². The molecule has 8 nitrogen and oxygen atoms in total. The van der Waals surface area contributed by atoms with Crippen LogP contribution in [-0.4, -0.2) is 46.9 Å². The molecule has 0 radical (unpaired) electrons.